The van der Waals surface area contributed by atoms with E-state index in [9.17, 15) is 49.8 Å². The van der Waals surface area contributed by atoms with Crippen molar-refractivity contribution in [2.75, 3.05) is 39.6 Å². The van der Waals surface area contributed by atoms with Crippen molar-refractivity contribution in [1.82, 2.24) is 0 Å². The maximum atomic E-state index is 12.6. The Labute approximate surface area is 393 Å². The maximum Gasteiger partial charge on any atom is 0.193 e. The van der Waals surface area contributed by atoms with Crippen molar-refractivity contribution in [2.45, 2.75) is 121 Å². The Morgan fingerprint density at radius 2 is 0.612 bits per heavy atom. The Balaban J connectivity index is 1.22. The van der Waals surface area contributed by atoms with E-state index in [0.717, 1.165) is 6.42 Å². The van der Waals surface area contributed by atoms with Crippen LogP contribution in [0.15, 0.2) is 97.1 Å². The minimum absolute atomic E-state index is 0.0145. The molecule has 14 heteroatoms. The monoisotopic (exact) mass is 928 g/mol. The molecule has 0 spiro atoms. The second-order valence-corrected chi connectivity index (χ2v) is 19.0. The first-order chi connectivity index (χ1) is 31.3. The average Bonchev–Trinajstić information content (AvgIpc) is 3.27. The number of benzene rings is 4. The Morgan fingerprint density at radius 1 is 0.388 bits per heavy atom. The van der Waals surface area contributed by atoms with Crippen LogP contribution in [0.4, 0.5) is 0 Å². The van der Waals surface area contributed by atoms with Gasteiger partial charge in [0.2, 0.25) is 0 Å². The first-order valence-corrected chi connectivity index (χ1v) is 22.5. The van der Waals surface area contributed by atoms with Gasteiger partial charge < -0.3 is 49.6 Å². The van der Waals surface area contributed by atoms with Crippen LogP contribution in [0.1, 0.15) is 151 Å². The molecule has 14 nitrogen and oxygen atoms in total. The summed E-state index contributed by atoms with van der Waals surface area (Å²) in [6.07, 6.45) is -1.16. The summed E-state index contributed by atoms with van der Waals surface area (Å²) < 4.78 is 23.8. The van der Waals surface area contributed by atoms with Gasteiger partial charge in [0.15, 0.2) is 23.1 Å². The van der Waals surface area contributed by atoms with Gasteiger partial charge in [-0.3, -0.25) is 19.2 Å². The van der Waals surface area contributed by atoms with Gasteiger partial charge in [-0.1, -0.05) is 97.1 Å². The number of hydrogen-bond donors (Lipinski definition) is 6. The van der Waals surface area contributed by atoms with Crippen molar-refractivity contribution in [2.24, 2.45) is 0 Å². The Morgan fingerprint density at radius 3 is 0.821 bits per heavy atom. The number of unbranched alkanes of at least 4 members (excludes halogenated alkanes) is 2. The van der Waals surface area contributed by atoms with E-state index < -0.39 is 70.0 Å². The molecule has 0 fully saturated rings. The molecule has 0 heterocycles. The van der Waals surface area contributed by atoms with Crippen molar-refractivity contribution in [3.8, 4) is 0 Å². The Hall–Kier alpha value is -4.84. The van der Waals surface area contributed by atoms with Gasteiger partial charge in [0.25, 0.3) is 0 Å². The zero-order valence-electron chi connectivity index (χ0n) is 39.9. The molecule has 0 bridgehead atoms. The van der Waals surface area contributed by atoms with E-state index in [2.05, 4.69) is 0 Å². The van der Waals surface area contributed by atoms with Gasteiger partial charge in [-0.15, -0.1) is 0 Å². The SMILES string of the molecule is CC(C)(O)C(=O)c1ccc(C(OCC(O)COCCCCCOCC(O)COC(c2ccc(C(=O)C(C)(C)O)cc2)c2ccc(C(=O)C(C)(C)O)cc2)c2ccc(C(=O)C(C)(C)O)cc2)cc1. The first kappa shape index (κ1) is 54.8. The topological polar surface area (TPSA) is 227 Å². The van der Waals surface area contributed by atoms with E-state index in [1.165, 1.54) is 55.4 Å². The molecule has 0 aliphatic carbocycles. The van der Waals surface area contributed by atoms with Crippen LogP contribution in [0, 0.1) is 0 Å². The normalized spacial score (nSPS) is 13.5. The Kier molecular flexibility index (Phi) is 19.6. The van der Waals surface area contributed by atoms with Crippen LogP contribution in [-0.4, -0.2) is 128 Å². The molecule has 0 aliphatic heterocycles. The molecule has 0 aliphatic rings. The van der Waals surface area contributed by atoms with Gasteiger partial charge >= 0.3 is 0 Å². The lowest BCUT2D eigenvalue weighted by atomic mass is 9.92. The zero-order chi connectivity index (χ0) is 49.7. The highest BCUT2D eigenvalue weighted by Gasteiger charge is 2.29. The van der Waals surface area contributed by atoms with Crippen LogP contribution in [-0.2, 0) is 18.9 Å². The van der Waals surface area contributed by atoms with Crippen molar-refractivity contribution < 1.29 is 68.8 Å². The van der Waals surface area contributed by atoms with Crippen molar-refractivity contribution in [3.63, 3.8) is 0 Å². The van der Waals surface area contributed by atoms with Crippen LogP contribution in [0.2, 0.25) is 0 Å². The third kappa shape index (κ3) is 16.7. The number of rotatable bonds is 28. The zero-order valence-corrected chi connectivity index (χ0v) is 39.9. The van der Waals surface area contributed by atoms with Crippen LogP contribution in [0.5, 0.6) is 0 Å². The van der Waals surface area contributed by atoms with Crippen LogP contribution in [0.3, 0.4) is 0 Å². The summed E-state index contributed by atoms with van der Waals surface area (Å²) in [6.45, 7) is 12.0. The quantitative estimate of drug-likeness (QED) is 0.0270. The molecule has 2 unspecified atom stereocenters. The minimum atomic E-state index is -1.55. The molecule has 0 amide bonds. The summed E-state index contributed by atoms with van der Waals surface area (Å²) in [5.41, 5.74) is -2.22. The molecule has 0 saturated heterocycles. The predicted octanol–water partition coefficient (Wildman–Crippen LogP) is 6.34. The van der Waals surface area contributed by atoms with Crippen molar-refractivity contribution in [3.05, 3.63) is 142 Å². The molecular formula is C53H68O14. The molecule has 2 atom stereocenters. The average molecular weight is 929 g/mol. The molecule has 0 aromatic heterocycles. The number of aliphatic hydroxyl groups excluding tert-OH is 2. The van der Waals surface area contributed by atoms with E-state index in [-0.39, 0.29) is 26.4 Å². The summed E-state index contributed by atoms with van der Waals surface area (Å²) in [4.78, 5) is 50.5. The molecule has 6 N–H and O–H groups in total. The van der Waals surface area contributed by atoms with Gasteiger partial charge in [0.05, 0.1) is 26.4 Å². The fourth-order valence-electron chi connectivity index (χ4n) is 6.95. The van der Waals surface area contributed by atoms with Crippen LogP contribution >= 0.6 is 0 Å². The smallest absolute Gasteiger partial charge is 0.193 e. The maximum absolute atomic E-state index is 12.6. The first-order valence-electron chi connectivity index (χ1n) is 22.5. The van der Waals surface area contributed by atoms with Gasteiger partial charge in [0.1, 0.15) is 46.8 Å². The van der Waals surface area contributed by atoms with Gasteiger partial charge in [0, 0.05) is 35.5 Å². The third-order valence-electron chi connectivity index (χ3n) is 10.7. The molecule has 4 aromatic carbocycles. The number of hydrogen-bond acceptors (Lipinski definition) is 14. The third-order valence-corrected chi connectivity index (χ3v) is 10.7. The lowest BCUT2D eigenvalue weighted by Crippen LogP contribution is -2.31. The summed E-state index contributed by atoms with van der Waals surface area (Å²) in [5, 5.41) is 62.3. The molecule has 4 aromatic rings. The summed E-state index contributed by atoms with van der Waals surface area (Å²) in [5.74, 6) is -1.75. The molecular weight excluding hydrogens is 861 g/mol. The predicted molar refractivity (Wildman–Crippen MR) is 251 cm³/mol. The fourth-order valence-corrected chi connectivity index (χ4v) is 6.95. The van der Waals surface area contributed by atoms with Crippen LogP contribution < -0.4 is 0 Å². The van der Waals surface area contributed by atoms with E-state index in [0.29, 0.717) is 70.6 Å². The lowest BCUT2D eigenvalue weighted by Gasteiger charge is -2.23. The lowest BCUT2D eigenvalue weighted by molar-refractivity contribution is -0.0386. The highest BCUT2D eigenvalue weighted by Crippen LogP contribution is 2.30. The largest absolute Gasteiger partial charge is 0.388 e. The number of Topliss-reactive ketones (excluding diaryl/α,β-unsaturated/α-hetero) is 4. The number of carbonyl (C=O) groups is 4. The minimum Gasteiger partial charge on any atom is -0.388 e. The second kappa shape index (κ2) is 23.9. The molecule has 4 rings (SSSR count). The van der Waals surface area contributed by atoms with Crippen LogP contribution in [0.25, 0.3) is 0 Å². The van der Waals surface area contributed by atoms with Gasteiger partial charge in [-0.2, -0.15) is 0 Å². The molecule has 364 valence electrons. The van der Waals surface area contributed by atoms with E-state index in [1.807, 2.05) is 0 Å². The number of aliphatic hydroxyl groups is 6. The summed E-state index contributed by atoms with van der Waals surface area (Å²) >= 11 is 0. The highest BCUT2D eigenvalue weighted by molar-refractivity contribution is 6.03. The van der Waals surface area contributed by atoms with Crippen molar-refractivity contribution >= 4 is 23.1 Å². The molecule has 0 saturated carbocycles. The molecule has 0 radical (unpaired) electrons. The summed E-state index contributed by atoms with van der Waals surface area (Å²) in [7, 11) is 0. The number of ketones is 4. The molecule has 67 heavy (non-hydrogen) atoms. The van der Waals surface area contributed by atoms with E-state index in [4.69, 9.17) is 18.9 Å². The van der Waals surface area contributed by atoms with E-state index >= 15 is 0 Å². The van der Waals surface area contributed by atoms with Gasteiger partial charge in [-0.05, 0) is 96.9 Å². The van der Waals surface area contributed by atoms with E-state index in [1.54, 1.807) is 97.1 Å². The Bertz CT molecular complexity index is 1910. The van der Waals surface area contributed by atoms with Crippen molar-refractivity contribution in [1.29, 1.82) is 0 Å². The van der Waals surface area contributed by atoms with Gasteiger partial charge in [-0.25, -0.2) is 0 Å². The number of ether oxygens (including phenoxy) is 4. The fraction of sp³-hybridized carbons (Fsp3) is 0.472. The summed E-state index contributed by atoms with van der Waals surface area (Å²) in [6, 6.07) is 26.4. The standard InChI is InChI=1S/C53H68O14/c1-50(2,60)46(56)38-20-12-34(13-21-38)44(35-14-22-39(23-15-35)47(57)51(3,4)61)66-32-42(54)30-64-28-10-9-11-29-65-31-43(55)33-67-45(36-16-24-40(25-17-36)48(58)52(5,6)62)37-18-26-41(27-19-37)49(59)53(7,8)63/h12-27,42-45,54-55,60-63H,9-11,28-33H2,1-8H3. The second-order valence-electron chi connectivity index (χ2n) is 19.0. The highest BCUT2D eigenvalue weighted by atomic mass is 16.5. The number of carbonyl (C=O) groups excluding carboxylic acids is 4.